The van der Waals surface area contributed by atoms with E-state index in [0.29, 0.717) is 23.3 Å². The summed E-state index contributed by atoms with van der Waals surface area (Å²) in [5, 5.41) is 19.3. The van der Waals surface area contributed by atoms with E-state index in [4.69, 9.17) is 26.2 Å². The number of methoxy groups -OCH3 is 1. The number of aliphatic carboxylic acids is 1. The molecule has 2 unspecified atom stereocenters. The molecule has 2 atom stereocenters. The molecule has 0 radical (unpaired) electrons. The summed E-state index contributed by atoms with van der Waals surface area (Å²) in [4.78, 5) is 24.2. The fraction of sp³-hybridized carbons (Fsp3) is 0.360. The quantitative estimate of drug-likeness (QED) is 0.491. The number of fused-ring (bicyclic) bond motifs is 2. The minimum atomic E-state index is -5.08. The number of benzene rings is 2. The number of nitrogens with one attached hydrogen (secondary N) is 1. The number of likely N-dealkylation sites (tertiary alicyclic amines) is 1. The van der Waals surface area contributed by atoms with Crippen LogP contribution in [0.15, 0.2) is 48.5 Å². The Balaban J connectivity index is 0.000000426. The summed E-state index contributed by atoms with van der Waals surface area (Å²) in [5.41, 5.74) is 1.97. The third-order valence-electron chi connectivity index (χ3n) is 6.45. The highest BCUT2D eigenvalue weighted by molar-refractivity contribution is 6.30. The Morgan fingerprint density at radius 2 is 1.68 bits per heavy atom. The molecule has 2 N–H and O–H groups in total. The molecule has 9 nitrogen and oxygen atoms in total. The zero-order valence-electron chi connectivity index (χ0n) is 20.3. The standard InChI is InChI=1S/C23H24ClN5O2.C2HF3O2/c1-31-20-8-6-19(7-9-20)25-23(30)22-27-26-21-10-16-12-28(13-17(16)14-29(21)22)11-15-2-4-18(24)5-3-15;3-2(4,5)1(6)7/h2-9,16-17H,10-14H2,1H3,(H,25,30);(H,6,7). The molecule has 0 bridgehead atoms. The van der Waals surface area contributed by atoms with Crippen LogP contribution in [0.1, 0.15) is 22.0 Å². The number of nitrogens with zero attached hydrogens (tertiary/aromatic N) is 4. The van der Waals surface area contributed by atoms with Gasteiger partial charge in [-0.2, -0.15) is 13.2 Å². The van der Waals surface area contributed by atoms with Crippen molar-refractivity contribution in [1.82, 2.24) is 19.7 Å². The first-order valence-electron chi connectivity index (χ1n) is 11.7. The number of anilines is 1. The number of carboxylic acids is 1. The molecule has 2 aliphatic heterocycles. The predicted molar refractivity (Wildman–Crippen MR) is 132 cm³/mol. The smallest absolute Gasteiger partial charge is 0.490 e. The van der Waals surface area contributed by atoms with E-state index < -0.39 is 12.1 Å². The monoisotopic (exact) mass is 551 g/mol. The molecule has 1 fully saturated rings. The van der Waals surface area contributed by atoms with Crippen LogP contribution in [-0.4, -0.2) is 63.0 Å². The van der Waals surface area contributed by atoms with Gasteiger partial charge in [-0.25, -0.2) is 4.79 Å². The number of halogens is 4. The largest absolute Gasteiger partial charge is 0.497 e. The Hall–Kier alpha value is -3.64. The number of alkyl halides is 3. The number of rotatable bonds is 5. The van der Waals surface area contributed by atoms with Gasteiger partial charge in [0.15, 0.2) is 0 Å². The van der Waals surface area contributed by atoms with Gasteiger partial charge in [0.25, 0.3) is 5.91 Å². The lowest BCUT2D eigenvalue weighted by atomic mass is 9.89. The maximum absolute atomic E-state index is 12.8. The summed E-state index contributed by atoms with van der Waals surface area (Å²) in [7, 11) is 1.61. The van der Waals surface area contributed by atoms with Crippen LogP contribution in [0.3, 0.4) is 0 Å². The number of hydrogen-bond donors (Lipinski definition) is 2. The minimum absolute atomic E-state index is 0.238. The third-order valence-corrected chi connectivity index (χ3v) is 6.71. The number of hydrogen-bond acceptors (Lipinski definition) is 6. The molecule has 2 aliphatic rings. The average Bonchev–Trinajstić information content (AvgIpc) is 3.47. The van der Waals surface area contributed by atoms with Gasteiger partial charge in [0.1, 0.15) is 11.6 Å². The van der Waals surface area contributed by atoms with E-state index in [-0.39, 0.29) is 5.91 Å². The molecule has 0 saturated carbocycles. The van der Waals surface area contributed by atoms with Gasteiger partial charge in [-0.05, 0) is 53.8 Å². The first-order chi connectivity index (χ1) is 18.0. The molecule has 2 aromatic carbocycles. The zero-order valence-corrected chi connectivity index (χ0v) is 21.0. The normalized spacial score (nSPS) is 18.6. The number of aromatic nitrogens is 3. The summed E-state index contributed by atoms with van der Waals surface area (Å²) < 4.78 is 38.9. The van der Waals surface area contributed by atoms with Gasteiger partial charge in [0.2, 0.25) is 5.82 Å². The molecule has 13 heteroatoms. The molecule has 1 saturated heterocycles. The van der Waals surface area contributed by atoms with Crippen molar-refractivity contribution in [3.63, 3.8) is 0 Å². The maximum Gasteiger partial charge on any atom is 0.490 e. The molecule has 1 aromatic heterocycles. The summed E-state index contributed by atoms with van der Waals surface area (Å²) in [6.07, 6.45) is -4.23. The highest BCUT2D eigenvalue weighted by Crippen LogP contribution is 2.33. The molecule has 202 valence electrons. The Bertz CT molecular complexity index is 1280. The van der Waals surface area contributed by atoms with Gasteiger partial charge in [-0.15, -0.1) is 10.2 Å². The lowest BCUT2D eigenvalue weighted by Gasteiger charge is -2.25. The van der Waals surface area contributed by atoms with E-state index in [2.05, 4.69) is 32.5 Å². The highest BCUT2D eigenvalue weighted by atomic mass is 35.5. The first-order valence-corrected chi connectivity index (χ1v) is 12.1. The molecular weight excluding hydrogens is 527 g/mol. The molecule has 0 spiro atoms. The SMILES string of the molecule is COc1ccc(NC(=O)c2nnc3n2CC2CN(Cc4ccc(Cl)cc4)CC2C3)cc1.O=C(O)C(F)(F)F. The molecule has 5 rings (SSSR count). The maximum atomic E-state index is 12.8. The fourth-order valence-electron chi connectivity index (χ4n) is 4.63. The summed E-state index contributed by atoms with van der Waals surface area (Å²) in [6, 6.07) is 15.3. The number of ether oxygens (including phenoxy) is 1. The van der Waals surface area contributed by atoms with Crippen molar-refractivity contribution in [3.8, 4) is 5.75 Å². The third kappa shape index (κ3) is 6.62. The van der Waals surface area contributed by atoms with Crippen LogP contribution in [0.25, 0.3) is 0 Å². The Labute approximate surface area is 221 Å². The predicted octanol–water partition coefficient (Wildman–Crippen LogP) is 4.13. The Kier molecular flexibility index (Phi) is 8.22. The Morgan fingerprint density at radius 3 is 2.29 bits per heavy atom. The number of carboxylic acid groups (broad SMARTS) is 1. The van der Waals surface area contributed by atoms with Gasteiger partial charge in [0, 0.05) is 43.3 Å². The van der Waals surface area contributed by atoms with Crippen molar-refractivity contribution in [1.29, 1.82) is 0 Å². The molecule has 1 amide bonds. The van der Waals surface area contributed by atoms with E-state index in [0.717, 1.165) is 49.2 Å². The molecule has 38 heavy (non-hydrogen) atoms. The van der Waals surface area contributed by atoms with Crippen molar-refractivity contribution in [2.24, 2.45) is 11.8 Å². The lowest BCUT2D eigenvalue weighted by molar-refractivity contribution is -0.192. The van der Waals surface area contributed by atoms with Gasteiger partial charge in [-0.1, -0.05) is 23.7 Å². The molecule has 3 aromatic rings. The second-order valence-corrected chi connectivity index (χ2v) is 9.52. The second-order valence-electron chi connectivity index (χ2n) is 9.08. The first kappa shape index (κ1) is 27.4. The van der Waals surface area contributed by atoms with Gasteiger partial charge < -0.3 is 19.7 Å². The van der Waals surface area contributed by atoms with E-state index >= 15 is 0 Å². The van der Waals surface area contributed by atoms with Crippen molar-refractivity contribution >= 4 is 29.2 Å². The summed E-state index contributed by atoms with van der Waals surface area (Å²) in [5.74, 6) is 0.0545. The van der Waals surface area contributed by atoms with Crippen molar-refractivity contribution in [2.45, 2.75) is 25.7 Å². The number of carbonyl (C=O) groups is 2. The van der Waals surface area contributed by atoms with Crippen LogP contribution < -0.4 is 10.1 Å². The van der Waals surface area contributed by atoms with Crippen molar-refractivity contribution < 1.29 is 32.6 Å². The summed E-state index contributed by atoms with van der Waals surface area (Å²) >= 11 is 6.00. The molecule has 0 aliphatic carbocycles. The number of amides is 1. The Morgan fingerprint density at radius 1 is 1.05 bits per heavy atom. The topological polar surface area (TPSA) is 110 Å². The summed E-state index contributed by atoms with van der Waals surface area (Å²) in [6.45, 7) is 3.73. The highest BCUT2D eigenvalue weighted by Gasteiger charge is 2.39. The van der Waals surface area contributed by atoms with Crippen LogP contribution >= 0.6 is 11.6 Å². The van der Waals surface area contributed by atoms with E-state index in [9.17, 15) is 18.0 Å². The zero-order chi connectivity index (χ0) is 27.4. The van der Waals surface area contributed by atoms with Crippen LogP contribution in [0.5, 0.6) is 5.75 Å². The van der Waals surface area contributed by atoms with Crippen molar-refractivity contribution in [3.05, 3.63) is 70.8 Å². The van der Waals surface area contributed by atoms with Crippen molar-refractivity contribution in [2.75, 3.05) is 25.5 Å². The van der Waals surface area contributed by atoms with Crippen LogP contribution in [0, 0.1) is 11.8 Å². The van der Waals surface area contributed by atoms with Crippen LogP contribution in [0.4, 0.5) is 18.9 Å². The molecule has 3 heterocycles. The lowest BCUT2D eigenvalue weighted by Crippen LogP contribution is -2.31. The van der Waals surface area contributed by atoms with Crippen LogP contribution in [0.2, 0.25) is 5.02 Å². The fourth-order valence-corrected chi connectivity index (χ4v) is 4.75. The van der Waals surface area contributed by atoms with E-state index in [1.54, 1.807) is 7.11 Å². The minimum Gasteiger partial charge on any atom is -0.497 e. The van der Waals surface area contributed by atoms with Crippen LogP contribution in [-0.2, 0) is 24.3 Å². The van der Waals surface area contributed by atoms with E-state index in [1.807, 2.05) is 41.0 Å². The van der Waals surface area contributed by atoms with E-state index in [1.165, 1.54) is 5.56 Å². The van der Waals surface area contributed by atoms with Gasteiger partial charge in [-0.3, -0.25) is 9.69 Å². The van der Waals surface area contributed by atoms with Gasteiger partial charge >= 0.3 is 12.1 Å². The van der Waals surface area contributed by atoms with Gasteiger partial charge in [0.05, 0.1) is 7.11 Å². The second kappa shape index (κ2) is 11.4. The number of carbonyl (C=O) groups excluding carboxylic acids is 1. The molecular formula is C25H25ClF3N5O4. The average molecular weight is 552 g/mol.